The van der Waals surface area contributed by atoms with Crippen LogP contribution in [0, 0.1) is 27.7 Å². The molecule has 0 saturated carbocycles. The van der Waals surface area contributed by atoms with Gasteiger partial charge in [0.2, 0.25) is 0 Å². The molecule has 0 aliphatic rings. The van der Waals surface area contributed by atoms with Crippen LogP contribution in [0.1, 0.15) is 32.8 Å². The lowest BCUT2D eigenvalue weighted by molar-refractivity contribution is 0.693. The van der Waals surface area contributed by atoms with E-state index in [9.17, 15) is 0 Å². The molecule has 2 aromatic rings. The monoisotopic (exact) mass is 260 g/mol. The van der Waals surface area contributed by atoms with Gasteiger partial charge in [-0.15, -0.1) is 11.3 Å². The van der Waals surface area contributed by atoms with Gasteiger partial charge in [0, 0.05) is 18.0 Å². The van der Waals surface area contributed by atoms with Crippen LogP contribution in [0.5, 0.6) is 0 Å². The molecule has 1 aromatic carbocycles. The van der Waals surface area contributed by atoms with Crippen molar-refractivity contribution in [1.82, 2.24) is 10.3 Å². The summed E-state index contributed by atoms with van der Waals surface area (Å²) in [5.41, 5.74) is 8.55. The minimum atomic E-state index is 0.906. The number of rotatable bonds is 4. The van der Waals surface area contributed by atoms with Gasteiger partial charge >= 0.3 is 0 Å². The number of nitrogens with zero attached hydrogens (tertiary/aromatic N) is 1. The lowest BCUT2D eigenvalue weighted by atomic mass is 10.0. The Bertz CT molecular complexity index is 543. The first kappa shape index (κ1) is 13.2. The molecule has 0 radical (unpaired) electrons. The smallest absolute Gasteiger partial charge is 0.0798 e. The molecule has 2 rings (SSSR count). The maximum absolute atomic E-state index is 4.26. The number of aryl methyl sites for hydroxylation is 4. The van der Waals surface area contributed by atoms with E-state index in [2.05, 4.69) is 50.1 Å². The molecule has 0 bridgehead atoms. The van der Waals surface area contributed by atoms with Gasteiger partial charge in [0.25, 0.3) is 0 Å². The van der Waals surface area contributed by atoms with Crippen LogP contribution in [0.25, 0.3) is 0 Å². The Morgan fingerprint density at radius 3 is 2.39 bits per heavy atom. The fourth-order valence-corrected chi connectivity index (χ4v) is 2.76. The average Bonchev–Trinajstić information content (AvgIpc) is 2.72. The maximum Gasteiger partial charge on any atom is 0.0798 e. The minimum absolute atomic E-state index is 0.906. The van der Waals surface area contributed by atoms with Gasteiger partial charge in [-0.2, -0.15) is 0 Å². The van der Waals surface area contributed by atoms with Crippen molar-refractivity contribution < 1.29 is 0 Å². The highest BCUT2D eigenvalue weighted by atomic mass is 32.1. The average molecular weight is 260 g/mol. The van der Waals surface area contributed by atoms with Crippen LogP contribution in [-0.2, 0) is 13.1 Å². The first-order valence-corrected chi connectivity index (χ1v) is 7.12. The van der Waals surface area contributed by atoms with Crippen molar-refractivity contribution in [2.45, 2.75) is 40.8 Å². The van der Waals surface area contributed by atoms with Crippen molar-refractivity contribution >= 4 is 11.3 Å². The van der Waals surface area contributed by atoms with E-state index in [-0.39, 0.29) is 0 Å². The van der Waals surface area contributed by atoms with E-state index >= 15 is 0 Å². The molecule has 0 saturated heterocycles. The number of nitrogens with one attached hydrogen (secondary N) is 1. The summed E-state index contributed by atoms with van der Waals surface area (Å²) in [4.78, 5) is 5.59. The van der Waals surface area contributed by atoms with Crippen LogP contribution in [0.4, 0.5) is 0 Å². The van der Waals surface area contributed by atoms with E-state index in [4.69, 9.17) is 0 Å². The molecule has 0 aliphatic carbocycles. The molecule has 0 fully saturated rings. The lowest BCUT2D eigenvalue weighted by Gasteiger charge is -2.10. The summed E-state index contributed by atoms with van der Waals surface area (Å²) in [6.45, 7) is 10.4. The number of hydrogen-bond donors (Lipinski definition) is 1. The van der Waals surface area contributed by atoms with Gasteiger partial charge in [-0.3, -0.25) is 0 Å². The zero-order valence-corrected chi connectivity index (χ0v) is 12.3. The summed E-state index contributed by atoms with van der Waals surface area (Å²) in [5.74, 6) is 0. The highest BCUT2D eigenvalue weighted by Crippen LogP contribution is 2.16. The van der Waals surface area contributed by atoms with Gasteiger partial charge in [-0.05, 0) is 49.9 Å². The molecular weight excluding hydrogens is 240 g/mol. The molecule has 0 aliphatic heterocycles. The van der Waals surface area contributed by atoms with Crippen LogP contribution < -0.4 is 5.32 Å². The SMILES string of the molecule is Cc1cc(C)c(CNCc2scnc2C)cc1C. The second-order valence-electron chi connectivity index (χ2n) is 4.83. The van der Waals surface area contributed by atoms with Crippen molar-refractivity contribution in [2.24, 2.45) is 0 Å². The van der Waals surface area contributed by atoms with Crippen molar-refractivity contribution in [3.05, 3.63) is 50.5 Å². The molecule has 0 spiro atoms. The molecular formula is C15H20N2S. The van der Waals surface area contributed by atoms with Crippen molar-refractivity contribution in [3.8, 4) is 0 Å². The quantitative estimate of drug-likeness (QED) is 0.907. The first-order chi connectivity index (χ1) is 8.58. The zero-order chi connectivity index (χ0) is 13.1. The van der Waals surface area contributed by atoms with Crippen LogP contribution in [-0.4, -0.2) is 4.98 Å². The van der Waals surface area contributed by atoms with Crippen LogP contribution in [0.2, 0.25) is 0 Å². The zero-order valence-electron chi connectivity index (χ0n) is 11.5. The Hall–Kier alpha value is -1.19. The number of benzene rings is 1. The molecule has 0 atom stereocenters. The lowest BCUT2D eigenvalue weighted by Crippen LogP contribution is -2.13. The van der Waals surface area contributed by atoms with Crippen LogP contribution in [0.15, 0.2) is 17.6 Å². The topological polar surface area (TPSA) is 24.9 Å². The Morgan fingerprint density at radius 1 is 1.00 bits per heavy atom. The van der Waals surface area contributed by atoms with Crippen molar-refractivity contribution in [3.63, 3.8) is 0 Å². The van der Waals surface area contributed by atoms with Gasteiger partial charge in [0.1, 0.15) is 0 Å². The van der Waals surface area contributed by atoms with Gasteiger partial charge in [0.15, 0.2) is 0 Å². The Labute approximate surface area is 113 Å². The van der Waals surface area contributed by atoms with Gasteiger partial charge in [-0.25, -0.2) is 4.98 Å². The van der Waals surface area contributed by atoms with E-state index < -0.39 is 0 Å². The fraction of sp³-hybridized carbons (Fsp3) is 0.400. The van der Waals surface area contributed by atoms with Gasteiger partial charge in [-0.1, -0.05) is 12.1 Å². The largest absolute Gasteiger partial charge is 0.308 e. The Balaban J connectivity index is 1.99. The van der Waals surface area contributed by atoms with Crippen molar-refractivity contribution in [1.29, 1.82) is 0 Å². The molecule has 0 amide bonds. The second kappa shape index (κ2) is 5.63. The van der Waals surface area contributed by atoms with Crippen LogP contribution >= 0.6 is 11.3 Å². The van der Waals surface area contributed by atoms with E-state index in [0.717, 1.165) is 18.8 Å². The summed E-state index contributed by atoms with van der Waals surface area (Å²) in [7, 11) is 0. The Kier molecular flexibility index (Phi) is 4.15. The predicted octanol–water partition coefficient (Wildman–Crippen LogP) is 3.67. The van der Waals surface area contributed by atoms with Gasteiger partial charge in [0.05, 0.1) is 11.2 Å². The molecule has 1 aromatic heterocycles. The summed E-state index contributed by atoms with van der Waals surface area (Å²) in [5, 5.41) is 3.50. The molecule has 3 heteroatoms. The summed E-state index contributed by atoms with van der Waals surface area (Å²) >= 11 is 1.72. The number of aromatic nitrogens is 1. The number of hydrogen-bond acceptors (Lipinski definition) is 3. The van der Waals surface area contributed by atoms with E-state index in [1.54, 1.807) is 11.3 Å². The Morgan fingerprint density at radius 2 is 1.72 bits per heavy atom. The van der Waals surface area contributed by atoms with E-state index in [1.165, 1.54) is 27.1 Å². The van der Waals surface area contributed by atoms with E-state index in [0.29, 0.717) is 0 Å². The normalized spacial score (nSPS) is 10.9. The van der Waals surface area contributed by atoms with E-state index in [1.807, 2.05) is 5.51 Å². The van der Waals surface area contributed by atoms with Crippen LogP contribution in [0.3, 0.4) is 0 Å². The molecule has 1 heterocycles. The highest BCUT2D eigenvalue weighted by molar-refractivity contribution is 7.09. The highest BCUT2D eigenvalue weighted by Gasteiger charge is 2.03. The van der Waals surface area contributed by atoms with Gasteiger partial charge < -0.3 is 5.32 Å². The summed E-state index contributed by atoms with van der Waals surface area (Å²) in [6, 6.07) is 4.56. The minimum Gasteiger partial charge on any atom is -0.308 e. The molecule has 2 nitrogen and oxygen atoms in total. The molecule has 18 heavy (non-hydrogen) atoms. The molecule has 0 unspecified atom stereocenters. The summed E-state index contributed by atoms with van der Waals surface area (Å²) < 4.78 is 0. The predicted molar refractivity (Wildman–Crippen MR) is 78.0 cm³/mol. The third-order valence-electron chi connectivity index (χ3n) is 3.40. The molecule has 96 valence electrons. The first-order valence-electron chi connectivity index (χ1n) is 6.24. The number of thiazole rings is 1. The standard InChI is InChI=1S/C15H20N2S/c1-10-5-12(3)14(6-11(10)2)7-16-8-15-13(4)17-9-18-15/h5-6,9,16H,7-8H2,1-4H3. The summed E-state index contributed by atoms with van der Waals surface area (Å²) in [6.07, 6.45) is 0. The second-order valence-corrected chi connectivity index (χ2v) is 5.77. The molecule has 1 N–H and O–H groups in total. The van der Waals surface area contributed by atoms with Crippen molar-refractivity contribution in [2.75, 3.05) is 0 Å². The third-order valence-corrected chi connectivity index (χ3v) is 4.33. The maximum atomic E-state index is 4.26. The third kappa shape index (κ3) is 2.98. The fourth-order valence-electron chi connectivity index (χ4n) is 2.02.